The van der Waals surface area contributed by atoms with Crippen LogP contribution in [0.15, 0.2) is 54.7 Å². The van der Waals surface area contributed by atoms with Crippen LogP contribution in [0.5, 0.6) is 0 Å². The van der Waals surface area contributed by atoms with Gasteiger partial charge in [-0.25, -0.2) is 4.98 Å². The molecule has 0 unspecified atom stereocenters. The fourth-order valence-electron chi connectivity index (χ4n) is 2.02. The van der Waals surface area contributed by atoms with Gasteiger partial charge in [-0.15, -0.1) is 0 Å². The molecule has 0 aliphatic rings. The Kier molecular flexibility index (Phi) is 5.41. The van der Waals surface area contributed by atoms with Crippen LogP contribution >= 0.6 is 34.8 Å². The van der Waals surface area contributed by atoms with Crippen LogP contribution in [0.2, 0.25) is 15.1 Å². The minimum absolute atomic E-state index is 0.467. The zero-order chi connectivity index (χ0) is 16.9. The van der Waals surface area contributed by atoms with Gasteiger partial charge in [-0.1, -0.05) is 46.9 Å². The maximum Gasteiger partial charge on any atom is 0.229 e. The van der Waals surface area contributed by atoms with Gasteiger partial charge in [0.05, 0.1) is 10.0 Å². The molecule has 0 aliphatic carbocycles. The summed E-state index contributed by atoms with van der Waals surface area (Å²) in [4.78, 5) is 8.61. The van der Waals surface area contributed by atoms with Crippen LogP contribution in [0.3, 0.4) is 0 Å². The summed E-state index contributed by atoms with van der Waals surface area (Å²) in [6.07, 6.45) is 1.68. The van der Waals surface area contributed by atoms with Crippen LogP contribution in [0, 0.1) is 0 Å². The first-order valence-corrected chi connectivity index (χ1v) is 8.27. The molecule has 24 heavy (non-hydrogen) atoms. The van der Waals surface area contributed by atoms with Crippen molar-refractivity contribution in [2.75, 3.05) is 10.6 Å². The van der Waals surface area contributed by atoms with Crippen LogP contribution in [0.4, 0.5) is 17.5 Å². The van der Waals surface area contributed by atoms with E-state index < -0.39 is 0 Å². The molecule has 0 spiro atoms. The topological polar surface area (TPSA) is 49.8 Å². The number of benzene rings is 2. The molecule has 0 aliphatic heterocycles. The Morgan fingerprint density at radius 2 is 1.67 bits per heavy atom. The van der Waals surface area contributed by atoms with E-state index in [1.54, 1.807) is 24.4 Å². The number of nitrogens with one attached hydrogen (secondary N) is 2. The van der Waals surface area contributed by atoms with Crippen LogP contribution in [-0.2, 0) is 6.54 Å². The molecule has 0 atom stereocenters. The van der Waals surface area contributed by atoms with Crippen LogP contribution < -0.4 is 10.6 Å². The molecule has 1 heterocycles. The van der Waals surface area contributed by atoms with Gasteiger partial charge in [-0.2, -0.15) is 4.98 Å². The molecule has 0 radical (unpaired) electrons. The van der Waals surface area contributed by atoms with E-state index in [0.717, 1.165) is 11.3 Å². The van der Waals surface area contributed by atoms with E-state index in [2.05, 4.69) is 20.6 Å². The van der Waals surface area contributed by atoms with Crippen molar-refractivity contribution in [3.63, 3.8) is 0 Å². The van der Waals surface area contributed by atoms with E-state index in [4.69, 9.17) is 34.8 Å². The fraction of sp³-hybridized carbons (Fsp3) is 0.0588. The molecule has 0 amide bonds. The third-order valence-corrected chi connectivity index (χ3v) is 4.21. The third-order valence-electron chi connectivity index (χ3n) is 3.22. The number of halogens is 3. The van der Waals surface area contributed by atoms with Gasteiger partial charge < -0.3 is 10.6 Å². The number of rotatable bonds is 5. The Morgan fingerprint density at radius 1 is 0.875 bits per heavy atom. The number of nitrogens with zero attached hydrogens (tertiary/aromatic N) is 2. The van der Waals surface area contributed by atoms with Gasteiger partial charge in [0.1, 0.15) is 5.82 Å². The third kappa shape index (κ3) is 4.51. The lowest BCUT2D eigenvalue weighted by molar-refractivity contribution is 1.08. The summed E-state index contributed by atoms with van der Waals surface area (Å²) in [5.74, 6) is 1.18. The Morgan fingerprint density at radius 3 is 2.42 bits per heavy atom. The molecule has 0 saturated heterocycles. The Balaban J connectivity index is 1.67. The van der Waals surface area contributed by atoms with E-state index >= 15 is 0 Å². The predicted molar refractivity (Wildman–Crippen MR) is 101 cm³/mol. The van der Waals surface area contributed by atoms with Crippen LogP contribution in [0.25, 0.3) is 0 Å². The van der Waals surface area contributed by atoms with Crippen molar-refractivity contribution in [1.82, 2.24) is 9.97 Å². The van der Waals surface area contributed by atoms with Crippen molar-refractivity contribution in [2.45, 2.75) is 6.54 Å². The second-order valence-corrected chi connectivity index (χ2v) is 6.25. The second-order valence-electron chi connectivity index (χ2n) is 5.00. The monoisotopic (exact) mass is 378 g/mol. The zero-order valence-corrected chi connectivity index (χ0v) is 14.7. The first-order chi connectivity index (χ1) is 11.6. The minimum atomic E-state index is 0.467. The summed E-state index contributed by atoms with van der Waals surface area (Å²) in [7, 11) is 0. The number of anilines is 3. The number of aromatic nitrogens is 2. The smallest absolute Gasteiger partial charge is 0.229 e. The second kappa shape index (κ2) is 7.71. The van der Waals surface area contributed by atoms with Crippen molar-refractivity contribution in [1.29, 1.82) is 0 Å². The standard InChI is InChI=1S/C17H13Cl3N4/c18-12-3-1-11(2-4-12)10-22-16-7-8-21-17(24-16)23-13-5-6-14(19)15(20)9-13/h1-9H,10H2,(H2,21,22,23,24). The molecule has 0 saturated carbocycles. The number of hydrogen-bond acceptors (Lipinski definition) is 4. The largest absolute Gasteiger partial charge is 0.366 e. The first-order valence-electron chi connectivity index (χ1n) is 7.13. The van der Waals surface area contributed by atoms with Crippen LogP contribution in [0.1, 0.15) is 5.56 Å². The highest BCUT2D eigenvalue weighted by Crippen LogP contribution is 2.26. The van der Waals surface area contributed by atoms with Crippen molar-refractivity contribution in [3.05, 3.63) is 75.4 Å². The summed E-state index contributed by atoms with van der Waals surface area (Å²) < 4.78 is 0. The average molecular weight is 380 g/mol. The van der Waals surface area contributed by atoms with Gasteiger partial charge in [-0.3, -0.25) is 0 Å². The van der Waals surface area contributed by atoms with Crippen LogP contribution in [-0.4, -0.2) is 9.97 Å². The molecule has 3 aromatic rings. The fourth-order valence-corrected chi connectivity index (χ4v) is 2.44. The molecule has 7 heteroatoms. The Labute approximate surface area is 154 Å². The highest BCUT2D eigenvalue weighted by atomic mass is 35.5. The maximum absolute atomic E-state index is 6.01. The highest BCUT2D eigenvalue weighted by Gasteiger charge is 2.03. The molecule has 2 aromatic carbocycles. The lowest BCUT2D eigenvalue weighted by Gasteiger charge is -2.09. The minimum Gasteiger partial charge on any atom is -0.366 e. The van der Waals surface area contributed by atoms with Gasteiger partial charge in [0.2, 0.25) is 5.95 Å². The molecule has 122 valence electrons. The Hall–Kier alpha value is -2.01. The Bertz CT molecular complexity index is 837. The molecule has 3 rings (SSSR count). The SMILES string of the molecule is Clc1ccc(CNc2ccnc(Nc3ccc(Cl)c(Cl)c3)n2)cc1. The molecular weight excluding hydrogens is 367 g/mol. The van der Waals surface area contributed by atoms with Crippen molar-refractivity contribution < 1.29 is 0 Å². The quantitative estimate of drug-likeness (QED) is 0.589. The molecular formula is C17H13Cl3N4. The van der Waals surface area contributed by atoms with Crippen molar-refractivity contribution in [3.8, 4) is 0 Å². The first kappa shape index (κ1) is 16.8. The van der Waals surface area contributed by atoms with E-state index in [1.165, 1.54) is 0 Å². The molecule has 2 N–H and O–H groups in total. The number of hydrogen-bond donors (Lipinski definition) is 2. The van der Waals surface area contributed by atoms with Crippen molar-refractivity contribution >= 4 is 52.3 Å². The summed E-state index contributed by atoms with van der Waals surface area (Å²) in [6, 6.07) is 14.7. The van der Waals surface area contributed by atoms with Crippen molar-refractivity contribution in [2.24, 2.45) is 0 Å². The predicted octanol–water partition coefficient (Wildman–Crippen LogP) is 5.79. The maximum atomic E-state index is 6.01. The van der Waals surface area contributed by atoms with Gasteiger partial charge in [0, 0.05) is 23.5 Å². The van der Waals surface area contributed by atoms with Gasteiger partial charge >= 0.3 is 0 Å². The summed E-state index contributed by atoms with van der Waals surface area (Å²) >= 11 is 17.8. The zero-order valence-electron chi connectivity index (χ0n) is 12.4. The molecule has 4 nitrogen and oxygen atoms in total. The summed E-state index contributed by atoms with van der Waals surface area (Å²) in [6.45, 7) is 0.639. The van der Waals surface area contributed by atoms with E-state index in [9.17, 15) is 0 Å². The normalized spacial score (nSPS) is 10.5. The summed E-state index contributed by atoms with van der Waals surface area (Å²) in [5.41, 5.74) is 1.87. The lowest BCUT2D eigenvalue weighted by atomic mass is 10.2. The van der Waals surface area contributed by atoms with E-state index in [1.807, 2.05) is 30.3 Å². The van der Waals surface area contributed by atoms with Gasteiger partial charge in [0.15, 0.2) is 0 Å². The molecule has 1 aromatic heterocycles. The summed E-state index contributed by atoms with van der Waals surface area (Å²) in [5, 5.41) is 8.03. The van der Waals surface area contributed by atoms with Gasteiger partial charge in [0.25, 0.3) is 0 Å². The molecule has 0 bridgehead atoms. The highest BCUT2D eigenvalue weighted by molar-refractivity contribution is 6.42. The average Bonchev–Trinajstić information content (AvgIpc) is 2.58. The lowest BCUT2D eigenvalue weighted by Crippen LogP contribution is -2.04. The van der Waals surface area contributed by atoms with E-state index in [0.29, 0.717) is 33.4 Å². The van der Waals surface area contributed by atoms with E-state index in [-0.39, 0.29) is 0 Å². The van der Waals surface area contributed by atoms with Gasteiger partial charge in [-0.05, 0) is 42.0 Å². The molecule has 0 fully saturated rings.